The standard InChI is InChI=1S/C24H39N3O2/c1-4-19(11-14-26(2)3)20-12-15-27(16-13-20)22-9-7-21(8-10-22)23-6-5-17-29-18-25-24(23)28/h7-10,19-20,23H,4-6,11-18H2,1-3H3,(H,25,28). The number of hydrogen-bond acceptors (Lipinski definition) is 4. The summed E-state index contributed by atoms with van der Waals surface area (Å²) in [7, 11) is 4.35. The highest BCUT2D eigenvalue weighted by Crippen LogP contribution is 2.32. The number of carbonyl (C=O) groups excluding carboxylic acids is 1. The summed E-state index contributed by atoms with van der Waals surface area (Å²) in [5.74, 6) is 1.74. The number of ether oxygens (including phenoxy) is 1. The monoisotopic (exact) mass is 401 g/mol. The third-order valence-electron chi connectivity index (χ3n) is 6.78. The molecule has 1 aromatic carbocycles. The van der Waals surface area contributed by atoms with E-state index in [9.17, 15) is 4.79 Å². The number of benzene rings is 1. The molecule has 5 nitrogen and oxygen atoms in total. The second-order valence-corrected chi connectivity index (χ2v) is 8.96. The molecule has 2 saturated heterocycles. The molecule has 29 heavy (non-hydrogen) atoms. The lowest BCUT2D eigenvalue weighted by Gasteiger charge is -2.37. The van der Waals surface area contributed by atoms with E-state index < -0.39 is 0 Å². The van der Waals surface area contributed by atoms with Crippen LogP contribution in [-0.2, 0) is 9.53 Å². The van der Waals surface area contributed by atoms with E-state index in [1.807, 2.05) is 0 Å². The minimum absolute atomic E-state index is 0.0549. The van der Waals surface area contributed by atoms with Gasteiger partial charge in [-0.05, 0) is 82.3 Å². The fourth-order valence-electron chi connectivity index (χ4n) is 4.90. The highest BCUT2D eigenvalue weighted by molar-refractivity contribution is 5.83. The number of nitrogens with zero attached hydrogens (tertiary/aromatic N) is 2. The number of hydrogen-bond donors (Lipinski definition) is 1. The zero-order valence-electron chi connectivity index (χ0n) is 18.5. The van der Waals surface area contributed by atoms with Crippen LogP contribution in [0.15, 0.2) is 24.3 Å². The fraction of sp³-hybridized carbons (Fsp3) is 0.708. The average Bonchev–Trinajstić information content (AvgIpc) is 2.72. The van der Waals surface area contributed by atoms with Crippen molar-refractivity contribution in [2.75, 3.05) is 52.0 Å². The van der Waals surface area contributed by atoms with Gasteiger partial charge in [-0.2, -0.15) is 0 Å². The van der Waals surface area contributed by atoms with Gasteiger partial charge in [-0.15, -0.1) is 0 Å². The van der Waals surface area contributed by atoms with Gasteiger partial charge < -0.3 is 19.9 Å². The van der Waals surface area contributed by atoms with E-state index in [1.165, 1.54) is 37.9 Å². The van der Waals surface area contributed by atoms with Crippen molar-refractivity contribution in [3.8, 4) is 0 Å². The summed E-state index contributed by atoms with van der Waals surface area (Å²) in [5.41, 5.74) is 2.42. The van der Waals surface area contributed by atoms with Crippen LogP contribution >= 0.6 is 0 Å². The Morgan fingerprint density at radius 3 is 2.55 bits per heavy atom. The van der Waals surface area contributed by atoms with E-state index in [4.69, 9.17) is 4.74 Å². The predicted molar refractivity (Wildman–Crippen MR) is 119 cm³/mol. The van der Waals surface area contributed by atoms with Crippen molar-refractivity contribution in [3.05, 3.63) is 29.8 Å². The quantitative estimate of drug-likeness (QED) is 0.754. The smallest absolute Gasteiger partial charge is 0.229 e. The van der Waals surface area contributed by atoms with E-state index in [-0.39, 0.29) is 11.8 Å². The number of anilines is 1. The van der Waals surface area contributed by atoms with Gasteiger partial charge in [0, 0.05) is 25.4 Å². The van der Waals surface area contributed by atoms with Crippen LogP contribution in [0.1, 0.15) is 56.9 Å². The summed E-state index contributed by atoms with van der Waals surface area (Å²) in [6.45, 7) is 6.88. The lowest BCUT2D eigenvalue weighted by atomic mass is 9.80. The zero-order chi connectivity index (χ0) is 20.6. The molecule has 0 radical (unpaired) electrons. The maximum atomic E-state index is 12.4. The number of amides is 1. The van der Waals surface area contributed by atoms with E-state index in [2.05, 4.69) is 60.4 Å². The van der Waals surface area contributed by atoms with E-state index in [0.717, 1.165) is 49.9 Å². The predicted octanol–water partition coefficient (Wildman–Crippen LogP) is 3.85. The van der Waals surface area contributed by atoms with Gasteiger partial charge in [-0.1, -0.05) is 25.5 Å². The third-order valence-corrected chi connectivity index (χ3v) is 6.78. The van der Waals surface area contributed by atoms with E-state index in [0.29, 0.717) is 6.73 Å². The molecule has 2 aliphatic heterocycles. The van der Waals surface area contributed by atoms with Crippen molar-refractivity contribution in [1.82, 2.24) is 10.2 Å². The van der Waals surface area contributed by atoms with Crippen molar-refractivity contribution < 1.29 is 9.53 Å². The van der Waals surface area contributed by atoms with Gasteiger partial charge in [0.05, 0.1) is 5.92 Å². The molecule has 162 valence electrons. The SMILES string of the molecule is CCC(CCN(C)C)C1CCN(c2ccc(C3CCCOCNC3=O)cc2)CC1. The molecule has 0 aromatic heterocycles. The van der Waals surface area contributed by atoms with Gasteiger partial charge in [0.2, 0.25) is 5.91 Å². The summed E-state index contributed by atoms with van der Waals surface area (Å²) in [6.07, 6.45) is 6.97. The van der Waals surface area contributed by atoms with Crippen molar-refractivity contribution >= 4 is 11.6 Å². The zero-order valence-corrected chi connectivity index (χ0v) is 18.5. The van der Waals surface area contributed by atoms with Crippen molar-refractivity contribution in [1.29, 1.82) is 0 Å². The van der Waals surface area contributed by atoms with Crippen molar-refractivity contribution in [3.63, 3.8) is 0 Å². The van der Waals surface area contributed by atoms with Gasteiger partial charge in [-0.25, -0.2) is 0 Å². The molecule has 2 unspecified atom stereocenters. The van der Waals surface area contributed by atoms with E-state index in [1.54, 1.807) is 0 Å². The van der Waals surface area contributed by atoms with Gasteiger partial charge in [-0.3, -0.25) is 4.79 Å². The Balaban J connectivity index is 1.55. The molecular formula is C24H39N3O2. The summed E-state index contributed by atoms with van der Waals surface area (Å²) in [5, 5.41) is 2.87. The first kappa shape index (κ1) is 22.1. The summed E-state index contributed by atoms with van der Waals surface area (Å²) in [6, 6.07) is 8.73. The first-order valence-electron chi connectivity index (χ1n) is 11.4. The molecule has 1 amide bonds. The maximum absolute atomic E-state index is 12.4. The maximum Gasteiger partial charge on any atom is 0.229 e. The van der Waals surface area contributed by atoms with Crippen LogP contribution in [0.4, 0.5) is 5.69 Å². The Morgan fingerprint density at radius 2 is 1.90 bits per heavy atom. The lowest BCUT2D eigenvalue weighted by molar-refractivity contribution is -0.125. The average molecular weight is 402 g/mol. The molecular weight excluding hydrogens is 362 g/mol. The van der Waals surface area contributed by atoms with Gasteiger partial charge in [0.25, 0.3) is 0 Å². The minimum Gasteiger partial charge on any atom is -0.372 e. The molecule has 2 heterocycles. The molecule has 0 aliphatic carbocycles. The number of piperidine rings is 1. The normalized spacial score (nSPS) is 22.8. The van der Waals surface area contributed by atoms with Crippen LogP contribution in [0, 0.1) is 11.8 Å². The Kier molecular flexibility index (Phi) is 8.37. The second kappa shape index (κ2) is 11.0. The number of nitrogens with one attached hydrogen (secondary N) is 1. The molecule has 1 N–H and O–H groups in total. The lowest BCUT2D eigenvalue weighted by Crippen LogP contribution is -2.36. The Bertz CT molecular complexity index is 624. The second-order valence-electron chi connectivity index (χ2n) is 8.96. The van der Waals surface area contributed by atoms with Crippen molar-refractivity contribution in [2.24, 2.45) is 11.8 Å². The Hall–Kier alpha value is -1.59. The molecule has 0 spiro atoms. The minimum atomic E-state index is -0.0549. The topological polar surface area (TPSA) is 44.8 Å². The summed E-state index contributed by atoms with van der Waals surface area (Å²) < 4.78 is 5.35. The van der Waals surface area contributed by atoms with Gasteiger partial charge >= 0.3 is 0 Å². The van der Waals surface area contributed by atoms with Crippen molar-refractivity contribution in [2.45, 2.75) is 51.4 Å². The number of rotatable bonds is 7. The Morgan fingerprint density at radius 1 is 1.17 bits per heavy atom. The first-order valence-corrected chi connectivity index (χ1v) is 11.4. The molecule has 5 heteroatoms. The molecule has 2 fully saturated rings. The molecule has 0 bridgehead atoms. The Labute approximate surface area is 176 Å². The molecule has 0 saturated carbocycles. The van der Waals surface area contributed by atoms with Gasteiger partial charge in [0.15, 0.2) is 0 Å². The first-order chi connectivity index (χ1) is 14.1. The van der Waals surface area contributed by atoms with Crippen LogP contribution in [0.2, 0.25) is 0 Å². The van der Waals surface area contributed by atoms with Crippen LogP contribution in [0.3, 0.4) is 0 Å². The summed E-state index contributed by atoms with van der Waals surface area (Å²) >= 11 is 0. The van der Waals surface area contributed by atoms with Crippen LogP contribution in [0.5, 0.6) is 0 Å². The highest BCUT2D eigenvalue weighted by atomic mass is 16.5. The largest absolute Gasteiger partial charge is 0.372 e. The van der Waals surface area contributed by atoms with Gasteiger partial charge in [0.1, 0.15) is 6.73 Å². The number of carbonyl (C=O) groups is 1. The summed E-state index contributed by atoms with van der Waals surface area (Å²) in [4.78, 5) is 17.2. The molecule has 3 rings (SSSR count). The van der Waals surface area contributed by atoms with E-state index >= 15 is 0 Å². The van der Waals surface area contributed by atoms with Crippen LogP contribution in [-0.4, -0.2) is 57.9 Å². The fourth-order valence-corrected chi connectivity index (χ4v) is 4.90. The molecule has 1 aromatic rings. The molecule has 2 aliphatic rings. The van der Waals surface area contributed by atoms with Crippen LogP contribution < -0.4 is 10.2 Å². The van der Waals surface area contributed by atoms with Crippen LogP contribution in [0.25, 0.3) is 0 Å². The molecule has 2 atom stereocenters. The third kappa shape index (κ3) is 6.19. The highest BCUT2D eigenvalue weighted by Gasteiger charge is 2.26.